The van der Waals surface area contributed by atoms with E-state index in [1.165, 1.54) is 13.0 Å². The first kappa shape index (κ1) is 4.98. The van der Waals surface area contributed by atoms with Gasteiger partial charge >= 0.3 is 0 Å². The smallest absolute Gasteiger partial charge is 0.0210 e. The van der Waals surface area contributed by atoms with Gasteiger partial charge in [-0.2, -0.15) is 0 Å². The second-order valence-corrected chi connectivity index (χ2v) is 2.03. The predicted octanol–water partition coefficient (Wildman–Crippen LogP) is 0.915. The van der Waals surface area contributed by atoms with E-state index in [0.29, 0.717) is 0 Å². The summed E-state index contributed by atoms with van der Waals surface area (Å²) in [5, 5.41) is 3.16. The van der Waals surface area contributed by atoms with Gasteiger partial charge in [0.1, 0.15) is 0 Å². The molecule has 2 aliphatic rings. The largest absolute Gasteiger partial charge is 0.390 e. The molecule has 1 nitrogen and oxygen atoms in total. The molecule has 0 bridgehead atoms. The van der Waals surface area contributed by atoms with Crippen molar-refractivity contribution in [1.29, 1.82) is 0 Å². The van der Waals surface area contributed by atoms with Crippen molar-refractivity contribution in [2.75, 3.05) is 6.54 Å². The minimum atomic E-state index is 0. The lowest BCUT2D eigenvalue weighted by Crippen LogP contribution is -2.02. The van der Waals surface area contributed by atoms with Crippen LogP contribution in [0.1, 0.15) is 6.42 Å². The average molecular weight is 118 g/mol. The molecule has 0 amide bonds. The van der Waals surface area contributed by atoms with Crippen molar-refractivity contribution in [1.82, 2.24) is 5.32 Å². The highest BCUT2D eigenvalue weighted by molar-refractivity contribution is 5.85. The van der Waals surface area contributed by atoms with Crippen LogP contribution >= 0.6 is 12.4 Å². The average Bonchev–Trinajstić information content (AvgIpc) is 2.17. The molecule has 2 heteroatoms. The molecule has 1 aliphatic carbocycles. The number of hydrogen-bond acceptors (Lipinski definition) is 1. The van der Waals surface area contributed by atoms with Crippen LogP contribution < -0.4 is 5.32 Å². The summed E-state index contributed by atoms with van der Waals surface area (Å²) in [7, 11) is 0. The van der Waals surface area contributed by atoms with E-state index in [2.05, 4.69) is 11.5 Å². The molecule has 0 aromatic rings. The molecule has 1 heterocycles. The van der Waals surface area contributed by atoms with Crippen LogP contribution in [-0.4, -0.2) is 6.54 Å². The summed E-state index contributed by atoms with van der Waals surface area (Å²) in [6, 6.07) is 0. The second-order valence-electron chi connectivity index (χ2n) is 2.03. The van der Waals surface area contributed by atoms with E-state index >= 15 is 0 Å². The number of rotatable bonds is 0. The Balaban J connectivity index is 0.000000245. The lowest BCUT2D eigenvalue weighted by atomic mass is 10.4. The molecule has 1 N–H and O–H groups in total. The van der Waals surface area contributed by atoms with Gasteiger partial charge in [0.2, 0.25) is 0 Å². The number of fused-ring (bicyclic) bond motifs is 1. The third-order valence-corrected chi connectivity index (χ3v) is 1.50. The maximum atomic E-state index is 3.16. The number of hydrogen-bond donors (Lipinski definition) is 1. The summed E-state index contributed by atoms with van der Waals surface area (Å²) < 4.78 is 0. The van der Waals surface area contributed by atoms with Crippen LogP contribution in [-0.2, 0) is 0 Å². The van der Waals surface area contributed by atoms with E-state index in [-0.39, 0.29) is 12.4 Å². The van der Waals surface area contributed by atoms with Crippen LogP contribution in [0.25, 0.3) is 0 Å². The molecule has 0 aromatic carbocycles. The summed E-state index contributed by atoms with van der Waals surface area (Å²) in [6.45, 7) is 1.22. The van der Waals surface area contributed by atoms with Crippen LogP contribution in [0.3, 0.4) is 0 Å². The van der Waals surface area contributed by atoms with Crippen molar-refractivity contribution < 1.29 is 0 Å². The second kappa shape index (κ2) is 1.41. The Morgan fingerprint density at radius 3 is 2.71 bits per heavy atom. The molecule has 0 aromatic heterocycles. The molecule has 1 saturated carbocycles. The van der Waals surface area contributed by atoms with Crippen molar-refractivity contribution >= 4 is 12.4 Å². The number of halogens is 1. The fourth-order valence-corrected chi connectivity index (χ4v) is 0.938. The Hall–Kier alpha value is -0.170. The molecule has 1 unspecified atom stereocenters. The van der Waals surface area contributed by atoms with E-state index in [1.54, 1.807) is 5.57 Å². The number of nitrogens with one attached hydrogen (secondary N) is 1. The molecule has 0 saturated heterocycles. The van der Waals surface area contributed by atoms with Gasteiger partial charge in [-0.05, 0) is 18.2 Å². The molecule has 0 spiro atoms. The first-order chi connectivity index (χ1) is 2.97. The van der Waals surface area contributed by atoms with E-state index in [9.17, 15) is 0 Å². The molecule has 1 fully saturated rings. The molecule has 1 atom stereocenters. The van der Waals surface area contributed by atoms with Gasteiger partial charge in [0.05, 0.1) is 0 Å². The summed E-state index contributed by atoms with van der Waals surface area (Å²) >= 11 is 0. The SMILES string of the molecule is C1=C2CC2CN1.Cl. The van der Waals surface area contributed by atoms with Crippen molar-refractivity contribution in [3.05, 3.63) is 11.8 Å². The molecule has 7 heavy (non-hydrogen) atoms. The monoisotopic (exact) mass is 117 g/mol. The summed E-state index contributed by atoms with van der Waals surface area (Å²) in [5.41, 5.74) is 1.63. The molecule has 1 aliphatic heterocycles. The standard InChI is InChI=1S/C5H7N.ClH/c1-4-2-6-3-5(1)4;/h2,5-6H,1,3H2;1H. The Morgan fingerprint density at radius 1 is 1.71 bits per heavy atom. The Kier molecular flexibility index (Phi) is 1.00. The van der Waals surface area contributed by atoms with Crippen molar-refractivity contribution in [3.63, 3.8) is 0 Å². The van der Waals surface area contributed by atoms with E-state index < -0.39 is 0 Å². The Bertz CT molecular complexity index is 109. The molecular weight excluding hydrogens is 110 g/mol. The van der Waals surface area contributed by atoms with Gasteiger partial charge in [-0.15, -0.1) is 12.4 Å². The van der Waals surface area contributed by atoms with Crippen molar-refractivity contribution in [2.24, 2.45) is 5.92 Å². The fraction of sp³-hybridized carbons (Fsp3) is 0.600. The van der Waals surface area contributed by atoms with E-state index in [1.807, 2.05) is 0 Å². The zero-order chi connectivity index (χ0) is 3.98. The van der Waals surface area contributed by atoms with Gasteiger partial charge in [0.25, 0.3) is 0 Å². The molecule has 0 radical (unpaired) electrons. The van der Waals surface area contributed by atoms with E-state index in [0.717, 1.165) is 5.92 Å². The minimum absolute atomic E-state index is 0. The maximum Gasteiger partial charge on any atom is 0.0210 e. The van der Waals surface area contributed by atoms with Crippen LogP contribution in [0.15, 0.2) is 11.8 Å². The van der Waals surface area contributed by atoms with Crippen LogP contribution in [0.2, 0.25) is 0 Å². The van der Waals surface area contributed by atoms with Gasteiger partial charge in [-0.1, -0.05) is 0 Å². The van der Waals surface area contributed by atoms with Crippen LogP contribution in [0, 0.1) is 5.92 Å². The quantitative estimate of drug-likeness (QED) is 0.498. The summed E-state index contributed by atoms with van der Waals surface area (Å²) in [6.07, 6.45) is 3.53. The van der Waals surface area contributed by atoms with Crippen molar-refractivity contribution in [3.8, 4) is 0 Å². The zero-order valence-electron chi connectivity index (χ0n) is 3.98. The third-order valence-electron chi connectivity index (χ3n) is 1.50. The molecular formula is C5H8ClN. The molecule has 40 valence electrons. The highest BCUT2D eigenvalue weighted by atomic mass is 35.5. The van der Waals surface area contributed by atoms with Crippen LogP contribution in [0.5, 0.6) is 0 Å². The van der Waals surface area contributed by atoms with Gasteiger partial charge in [-0.25, -0.2) is 0 Å². The third kappa shape index (κ3) is 0.611. The van der Waals surface area contributed by atoms with Gasteiger partial charge in [0.15, 0.2) is 0 Å². The van der Waals surface area contributed by atoms with Gasteiger partial charge in [0, 0.05) is 12.5 Å². The topological polar surface area (TPSA) is 12.0 Å². The minimum Gasteiger partial charge on any atom is -0.390 e. The van der Waals surface area contributed by atoms with Crippen molar-refractivity contribution in [2.45, 2.75) is 6.42 Å². The highest BCUT2D eigenvalue weighted by Crippen LogP contribution is 2.39. The summed E-state index contributed by atoms with van der Waals surface area (Å²) in [5.74, 6) is 0.963. The lowest BCUT2D eigenvalue weighted by Gasteiger charge is -1.85. The van der Waals surface area contributed by atoms with Gasteiger partial charge in [-0.3, -0.25) is 0 Å². The summed E-state index contributed by atoms with van der Waals surface area (Å²) in [4.78, 5) is 0. The normalized spacial score (nSPS) is 32.0. The van der Waals surface area contributed by atoms with Gasteiger partial charge < -0.3 is 5.32 Å². The first-order valence-electron chi connectivity index (χ1n) is 2.39. The molecule has 2 rings (SSSR count). The highest BCUT2D eigenvalue weighted by Gasteiger charge is 2.32. The fourth-order valence-electron chi connectivity index (χ4n) is 0.938. The maximum absolute atomic E-state index is 3.16. The lowest BCUT2D eigenvalue weighted by molar-refractivity contribution is 0.798. The Morgan fingerprint density at radius 2 is 2.57 bits per heavy atom. The van der Waals surface area contributed by atoms with Crippen LogP contribution in [0.4, 0.5) is 0 Å². The zero-order valence-corrected chi connectivity index (χ0v) is 4.79. The van der Waals surface area contributed by atoms with E-state index in [4.69, 9.17) is 0 Å². The Labute approximate surface area is 49.2 Å². The predicted molar refractivity (Wildman–Crippen MR) is 31.4 cm³/mol. The first-order valence-corrected chi connectivity index (χ1v) is 2.39.